The Hall–Kier alpha value is -1.12. The Morgan fingerprint density at radius 3 is 1.94 bits per heavy atom. The predicted octanol–water partition coefficient (Wildman–Crippen LogP) is 0.343. The zero-order valence-electron chi connectivity index (χ0n) is 8.23. The molecule has 0 spiro atoms. The van der Waals surface area contributed by atoms with E-state index in [1.165, 1.54) is 0 Å². The van der Waals surface area contributed by atoms with Gasteiger partial charge in [0.15, 0.2) is 0 Å². The number of carbonyl (C=O) groups is 2. The van der Waals surface area contributed by atoms with Crippen LogP contribution in [0.2, 0.25) is 0 Å². The van der Waals surface area contributed by atoms with Gasteiger partial charge in [0.2, 0.25) is 0 Å². The SMILES string of the molecule is O=P#CN(C#P=O)[C@@](O)(CCC(=O)O)C(=O)O. The van der Waals surface area contributed by atoms with Crippen LogP contribution >= 0.6 is 15.8 Å². The van der Waals surface area contributed by atoms with Crippen molar-refractivity contribution in [1.82, 2.24) is 4.90 Å². The number of hydrogen-bond donors (Lipinski definition) is 3. The molecule has 0 aliphatic heterocycles. The van der Waals surface area contributed by atoms with E-state index in [2.05, 4.69) is 0 Å². The predicted molar refractivity (Wildman–Crippen MR) is 54.3 cm³/mol. The summed E-state index contributed by atoms with van der Waals surface area (Å²) in [5.74, 6) is 0.545. The number of rotatable bonds is 5. The van der Waals surface area contributed by atoms with Gasteiger partial charge >= 0.3 is 96.8 Å². The summed E-state index contributed by atoms with van der Waals surface area (Å²) in [4.78, 5) is 21.4. The summed E-state index contributed by atoms with van der Waals surface area (Å²) >= 11 is 0. The molecular formula is C7H7NO7P2. The third-order valence-corrected chi connectivity index (χ3v) is 2.24. The zero-order valence-corrected chi connectivity index (χ0v) is 10.0. The van der Waals surface area contributed by atoms with Gasteiger partial charge < -0.3 is 0 Å². The van der Waals surface area contributed by atoms with E-state index in [4.69, 9.17) is 10.2 Å². The molecule has 0 saturated carbocycles. The van der Waals surface area contributed by atoms with E-state index < -0.39 is 46.3 Å². The molecule has 0 heterocycles. The van der Waals surface area contributed by atoms with Crippen LogP contribution in [0, 0.1) is 11.5 Å². The van der Waals surface area contributed by atoms with Gasteiger partial charge in [0.1, 0.15) is 0 Å². The molecule has 8 nitrogen and oxygen atoms in total. The molecule has 0 saturated heterocycles. The van der Waals surface area contributed by atoms with Crippen LogP contribution in [0.4, 0.5) is 0 Å². The van der Waals surface area contributed by atoms with E-state index in [0.29, 0.717) is 0 Å². The molecule has 0 rings (SSSR count). The summed E-state index contributed by atoms with van der Waals surface area (Å²) in [6, 6.07) is 0. The molecule has 0 aromatic heterocycles. The fraction of sp³-hybridized carbons (Fsp3) is 0.429. The van der Waals surface area contributed by atoms with Crippen molar-refractivity contribution in [2.45, 2.75) is 18.6 Å². The Bertz CT molecular complexity index is 492. The molecular weight excluding hydrogens is 272 g/mol. The second-order valence-corrected chi connectivity index (χ2v) is 3.50. The molecule has 10 heteroatoms. The summed E-state index contributed by atoms with van der Waals surface area (Å²) in [5.41, 5.74) is -2.72. The van der Waals surface area contributed by atoms with Crippen molar-refractivity contribution in [2.75, 3.05) is 0 Å². The summed E-state index contributed by atoms with van der Waals surface area (Å²) in [6.07, 6.45) is -1.38. The fourth-order valence-corrected chi connectivity index (χ4v) is 1.54. The van der Waals surface area contributed by atoms with Crippen molar-refractivity contribution in [1.29, 1.82) is 0 Å². The second-order valence-electron chi connectivity index (χ2n) is 2.73. The van der Waals surface area contributed by atoms with Crippen LogP contribution in [0.25, 0.3) is 0 Å². The molecule has 0 unspecified atom stereocenters. The Kier molecular flexibility index (Phi) is 6.78. The molecule has 92 valence electrons. The summed E-state index contributed by atoms with van der Waals surface area (Å²) < 4.78 is 20.6. The Balaban J connectivity index is 5.37. The normalized spacial score (nSPS) is 13.1. The Morgan fingerprint density at radius 2 is 1.65 bits per heavy atom. The first-order valence-corrected chi connectivity index (χ1v) is 5.64. The minimum atomic E-state index is -2.72. The van der Waals surface area contributed by atoms with E-state index >= 15 is 0 Å². The maximum atomic E-state index is 10.9. The van der Waals surface area contributed by atoms with Crippen molar-refractivity contribution < 1.29 is 34.0 Å². The molecule has 17 heavy (non-hydrogen) atoms. The number of carboxylic acid groups (broad SMARTS) is 2. The van der Waals surface area contributed by atoms with Crippen molar-refractivity contribution >= 4 is 27.8 Å². The number of aliphatic carboxylic acids is 2. The first kappa shape index (κ1) is 15.9. The van der Waals surface area contributed by atoms with Gasteiger partial charge in [-0.15, -0.1) is 0 Å². The summed E-state index contributed by atoms with van der Waals surface area (Å²) in [7, 11) is -1.56. The van der Waals surface area contributed by atoms with Crippen LogP contribution in [0.15, 0.2) is 0 Å². The van der Waals surface area contributed by atoms with Crippen LogP contribution in [-0.2, 0) is 18.7 Å². The molecule has 0 radical (unpaired) electrons. The molecule has 0 bridgehead atoms. The average molecular weight is 279 g/mol. The van der Waals surface area contributed by atoms with Crippen LogP contribution in [0.3, 0.4) is 0 Å². The van der Waals surface area contributed by atoms with E-state index in [-0.39, 0.29) is 4.90 Å². The van der Waals surface area contributed by atoms with E-state index in [0.717, 1.165) is 0 Å². The number of aliphatic hydroxyl groups is 1. The monoisotopic (exact) mass is 279 g/mol. The Labute approximate surface area is 97.5 Å². The molecule has 0 aromatic carbocycles. The molecule has 0 aliphatic carbocycles. The summed E-state index contributed by atoms with van der Waals surface area (Å²) in [5, 5.41) is 26.9. The average Bonchev–Trinajstić information content (AvgIpc) is 2.25. The third kappa shape index (κ3) is 4.72. The van der Waals surface area contributed by atoms with Gasteiger partial charge in [0, 0.05) is 0 Å². The molecule has 0 amide bonds. The van der Waals surface area contributed by atoms with Crippen LogP contribution in [0.1, 0.15) is 12.8 Å². The van der Waals surface area contributed by atoms with Crippen molar-refractivity contribution in [3.05, 3.63) is 0 Å². The zero-order chi connectivity index (χ0) is 13.5. The van der Waals surface area contributed by atoms with Gasteiger partial charge in [-0.1, -0.05) is 0 Å². The molecule has 0 fully saturated rings. The quantitative estimate of drug-likeness (QED) is 0.373. The topological polar surface area (TPSA) is 132 Å². The van der Waals surface area contributed by atoms with Crippen LogP contribution in [-0.4, -0.2) is 37.9 Å². The third-order valence-electron chi connectivity index (χ3n) is 1.68. The van der Waals surface area contributed by atoms with Crippen molar-refractivity contribution in [2.24, 2.45) is 0 Å². The first-order valence-electron chi connectivity index (χ1n) is 4.02. The van der Waals surface area contributed by atoms with E-state index in [1.807, 2.05) is 11.5 Å². The van der Waals surface area contributed by atoms with Gasteiger partial charge in [-0.05, 0) is 0 Å². The second kappa shape index (κ2) is 7.25. The van der Waals surface area contributed by atoms with Crippen molar-refractivity contribution in [3.8, 4) is 11.5 Å². The molecule has 1 atom stereocenters. The van der Waals surface area contributed by atoms with Gasteiger partial charge in [-0.25, -0.2) is 0 Å². The molecule has 3 N–H and O–H groups in total. The van der Waals surface area contributed by atoms with Gasteiger partial charge in [0.05, 0.1) is 0 Å². The van der Waals surface area contributed by atoms with Crippen molar-refractivity contribution in [3.63, 3.8) is 0 Å². The molecule has 0 aliphatic rings. The van der Waals surface area contributed by atoms with E-state index in [9.17, 15) is 23.8 Å². The molecule has 0 aromatic rings. The number of carboxylic acids is 2. The first-order chi connectivity index (χ1) is 7.88. The maximum absolute atomic E-state index is 10.9. The fourth-order valence-electron chi connectivity index (χ4n) is 0.865. The summed E-state index contributed by atoms with van der Waals surface area (Å²) in [6.45, 7) is 0. The standard InChI is InChI=1S/C7H7NO7P2/c9-5(10)1-2-7(13,6(11)12)8(3-16-14)4-17-15/h13H,1-2H2,(H,9,10)(H,11,12)/t7-/m1/s1. The van der Waals surface area contributed by atoms with E-state index in [1.54, 1.807) is 0 Å². The van der Waals surface area contributed by atoms with Gasteiger partial charge in [-0.2, -0.15) is 0 Å². The van der Waals surface area contributed by atoms with Crippen LogP contribution in [0.5, 0.6) is 0 Å². The number of hydrogen-bond acceptors (Lipinski definition) is 6. The van der Waals surface area contributed by atoms with Gasteiger partial charge in [0.25, 0.3) is 0 Å². The van der Waals surface area contributed by atoms with Crippen LogP contribution < -0.4 is 0 Å². The number of nitrogens with zero attached hydrogens (tertiary/aromatic N) is 1. The minimum absolute atomic E-state index is 0.279. The Morgan fingerprint density at radius 1 is 1.18 bits per heavy atom. The van der Waals surface area contributed by atoms with Gasteiger partial charge in [-0.3, -0.25) is 0 Å².